The van der Waals surface area contributed by atoms with E-state index in [2.05, 4.69) is 15.7 Å². The Morgan fingerprint density at radius 2 is 1.88 bits per heavy atom. The average molecular weight is 357 g/mol. The molecule has 6 heteroatoms. The second kappa shape index (κ2) is 7.47. The summed E-state index contributed by atoms with van der Waals surface area (Å²) in [6.45, 7) is 2.64. The molecule has 0 aliphatic heterocycles. The second-order valence-corrected chi connectivity index (χ2v) is 6.23. The summed E-state index contributed by atoms with van der Waals surface area (Å²) in [6, 6.07) is 15.7. The maximum atomic E-state index is 6.18. The normalized spacial score (nSPS) is 10.4. The number of aryl methyl sites for hydroxylation is 1. The summed E-state index contributed by atoms with van der Waals surface area (Å²) in [7, 11) is 0. The molecule has 0 amide bonds. The first-order valence-electron chi connectivity index (χ1n) is 7.51. The van der Waals surface area contributed by atoms with Crippen molar-refractivity contribution < 1.29 is 0 Å². The van der Waals surface area contributed by atoms with Gasteiger partial charge in [0.1, 0.15) is 0 Å². The Bertz CT molecular complexity index is 859. The van der Waals surface area contributed by atoms with Crippen LogP contribution in [0, 0.1) is 6.92 Å². The molecule has 3 aromatic rings. The van der Waals surface area contributed by atoms with Crippen molar-refractivity contribution in [3.63, 3.8) is 0 Å². The van der Waals surface area contributed by atoms with E-state index >= 15 is 0 Å². The van der Waals surface area contributed by atoms with Crippen LogP contribution in [-0.4, -0.2) is 14.9 Å². The van der Waals surface area contributed by atoms with Crippen LogP contribution in [0.5, 0.6) is 0 Å². The predicted molar refractivity (Wildman–Crippen MR) is 104 cm³/mol. The van der Waals surface area contributed by atoms with Crippen LogP contribution in [0.2, 0.25) is 5.02 Å². The number of para-hydroxylation sites is 1. The molecule has 0 spiro atoms. The highest BCUT2D eigenvalue weighted by molar-refractivity contribution is 7.80. The van der Waals surface area contributed by atoms with Crippen molar-refractivity contribution in [3.05, 3.63) is 77.1 Å². The molecule has 0 saturated carbocycles. The van der Waals surface area contributed by atoms with Gasteiger partial charge in [-0.1, -0.05) is 48.0 Å². The molecule has 1 heterocycles. The van der Waals surface area contributed by atoms with Gasteiger partial charge in [0.05, 0.1) is 18.4 Å². The van der Waals surface area contributed by atoms with E-state index in [-0.39, 0.29) is 0 Å². The summed E-state index contributed by atoms with van der Waals surface area (Å²) in [5, 5.41) is 11.9. The fraction of sp³-hybridized carbons (Fsp3) is 0.111. The molecular weight excluding hydrogens is 340 g/mol. The van der Waals surface area contributed by atoms with Crippen LogP contribution in [0.15, 0.2) is 60.9 Å². The fourth-order valence-electron chi connectivity index (χ4n) is 2.31. The van der Waals surface area contributed by atoms with Crippen LogP contribution >= 0.6 is 23.8 Å². The van der Waals surface area contributed by atoms with Gasteiger partial charge in [-0.25, -0.2) is 0 Å². The van der Waals surface area contributed by atoms with Crippen molar-refractivity contribution in [2.75, 3.05) is 10.6 Å². The minimum atomic E-state index is 0.529. The summed E-state index contributed by atoms with van der Waals surface area (Å²) in [5.74, 6) is 0. The number of nitrogens with one attached hydrogen (secondary N) is 2. The molecule has 0 fully saturated rings. The van der Waals surface area contributed by atoms with Gasteiger partial charge in [-0.3, -0.25) is 4.68 Å². The van der Waals surface area contributed by atoms with Crippen molar-refractivity contribution in [2.24, 2.45) is 0 Å². The van der Waals surface area contributed by atoms with Crippen molar-refractivity contribution >= 4 is 40.3 Å². The van der Waals surface area contributed by atoms with E-state index in [0.29, 0.717) is 11.7 Å². The molecular formula is C18H17ClN4S. The fourth-order valence-corrected chi connectivity index (χ4v) is 2.74. The van der Waals surface area contributed by atoms with Crippen LogP contribution in [0.1, 0.15) is 11.1 Å². The van der Waals surface area contributed by atoms with E-state index < -0.39 is 0 Å². The number of thiocarbonyl (C=S) groups is 1. The lowest BCUT2D eigenvalue weighted by molar-refractivity contribution is 0.687. The molecule has 0 unspecified atom stereocenters. The van der Waals surface area contributed by atoms with Crippen LogP contribution in [0.3, 0.4) is 0 Å². The number of anilines is 2. The molecule has 1 aromatic heterocycles. The summed E-state index contributed by atoms with van der Waals surface area (Å²) < 4.78 is 1.82. The Morgan fingerprint density at radius 1 is 1.12 bits per heavy atom. The van der Waals surface area contributed by atoms with Crippen LogP contribution < -0.4 is 10.6 Å². The van der Waals surface area contributed by atoms with Gasteiger partial charge in [0, 0.05) is 16.9 Å². The number of hydrogen-bond acceptors (Lipinski definition) is 2. The average Bonchev–Trinajstić information content (AvgIpc) is 2.99. The standard InChI is InChI=1S/C18H17ClN4S/c1-13-6-2-5-9-17(13)22-18(24)21-15-10-20-23(12-15)11-14-7-3-4-8-16(14)19/h2-10,12H,11H2,1H3,(H2,21,22,24). The smallest absolute Gasteiger partial charge is 0.175 e. The van der Waals surface area contributed by atoms with Gasteiger partial charge in [0.25, 0.3) is 0 Å². The molecule has 4 nitrogen and oxygen atoms in total. The van der Waals surface area contributed by atoms with E-state index in [1.54, 1.807) is 6.20 Å². The topological polar surface area (TPSA) is 41.9 Å². The number of benzene rings is 2. The summed E-state index contributed by atoms with van der Waals surface area (Å²) >= 11 is 11.5. The molecule has 122 valence electrons. The molecule has 2 aromatic carbocycles. The van der Waals surface area contributed by atoms with E-state index in [4.69, 9.17) is 23.8 Å². The van der Waals surface area contributed by atoms with E-state index in [1.165, 1.54) is 0 Å². The molecule has 0 atom stereocenters. The van der Waals surface area contributed by atoms with Crippen LogP contribution in [-0.2, 0) is 6.54 Å². The molecule has 0 saturated heterocycles. The lowest BCUT2D eigenvalue weighted by Crippen LogP contribution is -2.19. The van der Waals surface area contributed by atoms with Gasteiger partial charge < -0.3 is 10.6 Å². The largest absolute Gasteiger partial charge is 0.332 e. The minimum absolute atomic E-state index is 0.529. The van der Waals surface area contributed by atoms with E-state index in [1.807, 2.05) is 66.3 Å². The summed E-state index contributed by atoms with van der Waals surface area (Å²) in [4.78, 5) is 0. The molecule has 3 rings (SSSR count). The maximum absolute atomic E-state index is 6.18. The highest BCUT2D eigenvalue weighted by atomic mass is 35.5. The van der Waals surface area contributed by atoms with Crippen molar-refractivity contribution in [1.82, 2.24) is 9.78 Å². The van der Waals surface area contributed by atoms with Crippen molar-refractivity contribution in [2.45, 2.75) is 13.5 Å². The molecule has 2 N–H and O–H groups in total. The zero-order valence-electron chi connectivity index (χ0n) is 13.2. The highest BCUT2D eigenvalue weighted by Crippen LogP contribution is 2.17. The number of rotatable bonds is 4. The maximum Gasteiger partial charge on any atom is 0.175 e. The number of halogens is 1. The Labute approximate surface area is 151 Å². The Hall–Kier alpha value is -2.37. The quantitative estimate of drug-likeness (QED) is 0.665. The van der Waals surface area contributed by atoms with Gasteiger partial charge in [0.15, 0.2) is 5.11 Å². The van der Waals surface area contributed by atoms with E-state index in [0.717, 1.165) is 27.5 Å². The molecule has 0 aliphatic carbocycles. The summed E-state index contributed by atoms with van der Waals surface area (Å²) in [5.41, 5.74) is 3.97. The third kappa shape index (κ3) is 4.13. The minimum Gasteiger partial charge on any atom is -0.332 e. The summed E-state index contributed by atoms with van der Waals surface area (Å²) in [6.07, 6.45) is 3.64. The van der Waals surface area contributed by atoms with Crippen molar-refractivity contribution in [1.29, 1.82) is 0 Å². The zero-order valence-corrected chi connectivity index (χ0v) is 14.7. The first-order valence-corrected chi connectivity index (χ1v) is 8.30. The lowest BCUT2D eigenvalue weighted by Gasteiger charge is -2.11. The molecule has 24 heavy (non-hydrogen) atoms. The lowest BCUT2D eigenvalue weighted by atomic mass is 10.2. The molecule has 0 aliphatic rings. The monoisotopic (exact) mass is 356 g/mol. The molecule has 0 radical (unpaired) electrons. The van der Waals surface area contributed by atoms with Crippen molar-refractivity contribution in [3.8, 4) is 0 Å². The Balaban J connectivity index is 1.63. The number of hydrogen-bond donors (Lipinski definition) is 2. The first-order chi connectivity index (χ1) is 11.6. The highest BCUT2D eigenvalue weighted by Gasteiger charge is 2.05. The first kappa shape index (κ1) is 16.5. The zero-order chi connectivity index (χ0) is 16.9. The second-order valence-electron chi connectivity index (χ2n) is 5.41. The van der Waals surface area contributed by atoms with Crippen LogP contribution in [0.4, 0.5) is 11.4 Å². The van der Waals surface area contributed by atoms with Gasteiger partial charge in [-0.2, -0.15) is 5.10 Å². The van der Waals surface area contributed by atoms with Gasteiger partial charge in [-0.15, -0.1) is 0 Å². The number of nitrogens with zero attached hydrogens (tertiary/aromatic N) is 2. The molecule has 0 bridgehead atoms. The SMILES string of the molecule is Cc1ccccc1NC(=S)Nc1cnn(Cc2ccccc2Cl)c1. The van der Waals surface area contributed by atoms with Crippen LogP contribution in [0.25, 0.3) is 0 Å². The third-order valence-electron chi connectivity index (χ3n) is 3.57. The van der Waals surface area contributed by atoms with E-state index in [9.17, 15) is 0 Å². The van der Waals surface area contributed by atoms with Gasteiger partial charge >= 0.3 is 0 Å². The third-order valence-corrected chi connectivity index (χ3v) is 4.15. The predicted octanol–water partition coefficient (Wildman–Crippen LogP) is 4.70. The Kier molecular flexibility index (Phi) is 5.13. The Morgan fingerprint density at radius 3 is 2.67 bits per heavy atom. The number of aromatic nitrogens is 2. The van der Waals surface area contributed by atoms with Gasteiger partial charge in [0.2, 0.25) is 0 Å². The van der Waals surface area contributed by atoms with Gasteiger partial charge in [-0.05, 0) is 42.4 Å².